The van der Waals surface area contributed by atoms with Gasteiger partial charge in [-0.3, -0.25) is 24.4 Å². The third kappa shape index (κ3) is 2.37. The van der Waals surface area contributed by atoms with Crippen LogP contribution >= 0.6 is 0 Å². The van der Waals surface area contributed by atoms with Crippen LogP contribution in [-0.4, -0.2) is 25.4 Å². The van der Waals surface area contributed by atoms with E-state index >= 15 is 0 Å². The van der Waals surface area contributed by atoms with Crippen molar-refractivity contribution in [3.63, 3.8) is 0 Å². The van der Waals surface area contributed by atoms with E-state index in [2.05, 4.69) is 4.18 Å². The molecule has 0 bridgehead atoms. The minimum absolute atomic E-state index is 0.803. The number of para-hydroxylation sites is 1. The number of nitro groups is 2. The van der Waals surface area contributed by atoms with Crippen molar-refractivity contribution >= 4 is 21.5 Å². The number of benzene rings is 1. The lowest BCUT2D eigenvalue weighted by molar-refractivity contribution is -0.424. The quantitative estimate of drug-likeness (QED) is 0.446. The normalized spacial score (nSPS) is 11.1. The lowest BCUT2D eigenvalue weighted by Crippen LogP contribution is -2.08. The Kier molecular flexibility index (Phi) is 3.39. The number of rotatable bonds is 4. The van der Waals surface area contributed by atoms with E-state index in [1.165, 1.54) is 0 Å². The Morgan fingerprint density at radius 2 is 1.76 bits per heavy atom. The Morgan fingerprint density at radius 3 is 2.18 bits per heavy atom. The third-order valence-corrected chi connectivity index (χ3v) is 3.15. The lowest BCUT2D eigenvalue weighted by atomic mass is 10.3. The summed E-state index contributed by atoms with van der Waals surface area (Å²) in [5.74, 6) is 0. The van der Waals surface area contributed by atoms with E-state index < -0.39 is 36.2 Å². The van der Waals surface area contributed by atoms with Crippen LogP contribution in [0.15, 0.2) is 23.1 Å². The Labute approximate surface area is 95.1 Å². The highest BCUT2D eigenvalue weighted by molar-refractivity contribution is 7.86. The molecule has 0 N–H and O–H groups in total. The number of hydrogen-bond acceptors (Lipinski definition) is 7. The fraction of sp³-hybridized carbons (Fsp3) is 0.143. The zero-order valence-corrected chi connectivity index (χ0v) is 9.21. The summed E-state index contributed by atoms with van der Waals surface area (Å²) in [5.41, 5.74) is -2.02. The maximum absolute atomic E-state index is 11.4. The second-order valence-corrected chi connectivity index (χ2v) is 4.44. The van der Waals surface area contributed by atoms with Crippen LogP contribution in [0.2, 0.25) is 0 Å². The van der Waals surface area contributed by atoms with Gasteiger partial charge in [0, 0.05) is 6.07 Å². The molecule has 1 aromatic rings. The van der Waals surface area contributed by atoms with E-state index in [4.69, 9.17) is 0 Å². The van der Waals surface area contributed by atoms with Gasteiger partial charge in [-0.1, -0.05) is 6.07 Å². The maximum atomic E-state index is 11.4. The third-order valence-electron chi connectivity index (χ3n) is 1.85. The Morgan fingerprint density at radius 1 is 1.18 bits per heavy atom. The molecule has 0 aliphatic heterocycles. The molecule has 0 aliphatic rings. The van der Waals surface area contributed by atoms with Gasteiger partial charge in [0.1, 0.15) is 0 Å². The molecule has 1 aromatic carbocycles. The van der Waals surface area contributed by atoms with Crippen molar-refractivity contribution < 1.29 is 22.4 Å². The summed E-state index contributed by atoms with van der Waals surface area (Å²) in [6.45, 7) is 0. The van der Waals surface area contributed by atoms with Crippen molar-refractivity contribution in [3.8, 4) is 0 Å². The average Bonchev–Trinajstić information content (AvgIpc) is 2.27. The van der Waals surface area contributed by atoms with E-state index in [9.17, 15) is 28.6 Å². The van der Waals surface area contributed by atoms with Crippen LogP contribution in [0.25, 0.3) is 0 Å². The Hall–Kier alpha value is -2.07. The molecule has 0 amide bonds. The first-order valence-electron chi connectivity index (χ1n) is 4.03. The molecule has 0 radical (unpaired) electrons. The molecule has 0 saturated heterocycles. The summed E-state index contributed by atoms with van der Waals surface area (Å²) in [4.78, 5) is 18.2. The summed E-state index contributed by atoms with van der Waals surface area (Å²) < 4.78 is 26.8. The predicted molar refractivity (Wildman–Crippen MR) is 53.9 cm³/mol. The van der Waals surface area contributed by atoms with Gasteiger partial charge in [0.05, 0.1) is 17.0 Å². The van der Waals surface area contributed by atoms with Gasteiger partial charge in [0.2, 0.25) is 0 Å². The molecule has 0 spiro atoms. The highest BCUT2D eigenvalue weighted by Gasteiger charge is 2.34. The monoisotopic (exact) mass is 262 g/mol. The molecule has 0 atom stereocenters. The van der Waals surface area contributed by atoms with Gasteiger partial charge in [-0.15, -0.1) is 0 Å². The van der Waals surface area contributed by atoms with Crippen LogP contribution in [0.4, 0.5) is 11.4 Å². The van der Waals surface area contributed by atoms with Crippen LogP contribution in [0, 0.1) is 20.2 Å². The summed E-state index contributed by atoms with van der Waals surface area (Å²) >= 11 is 0. The first-order chi connectivity index (χ1) is 7.81. The molecule has 9 nitrogen and oxygen atoms in total. The zero-order valence-electron chi connectivity index (χ0n) is 8.39. The summed E-state index contributed by atoms with van der Waals surface area (Å²) in [6, 6.07) is 2.73. The standard InChI is InChI=1S/C7H6N2O7S/c1-16-17(14,15)6-4-2-3-5(8(10)11)7(6)9(12)13/h2-4H,1H3. The first-order valence-corrected chi connectivity index (χ1v) is 5.44. The van der Waals surface area contributed by atoms with Crippen molar-refractivity contribution in [1.29, 1.82) is 0 Å². The minimum Gasteiger partial charge on any atom is -0.270 e. The van der Waals surface area contributed by atoms with Gasteiger partial charge in [0.15, 0.2) is 4.90 Å². The van der Waals surface area contributed by atoms with Gasteiger partial charge < -0.3 is 0 Å². The number of hydrogen-bond donors (Lipinski definition) is 0. The van der Waals surface area contributed by atoms with Crippen molar-refractivity contribution in [3.05, 3.63) is 38.4 Å². The SMILES string of the molecule is COS(=O)(=O)c1cccc([N+](=O)[O-])c1[N+](=O)[O-]. The molecule has 1 rings (SSSR count). The minimum atomic E-state index is -4.38. The van der Waals surface area contributed by atoms with Crippen molar-refractivity contribution in [2.45, 2.75) is 4.90 Å². The molecule has 0 unspecified atom stereocenters. The molecule has 0 fully saturated rings. The second kappa shape index (κ2) is 4.43. The predicted octanol–water partition coefficient (Wildman–Crippen LogP) is 0.838. The second-order valence-electron chi connectivity index (χ2n) is 2.76. The van der Waals surface area contributed by atoms with E-state index in [0.29, 0.717) is 0 Å². The van der Waals surface area contributed by atoms with E-state index in [1.807, 2.05) is 0 Å². The summed E-state index contributed by atoms with van der Waals surface area (Å²) in [5, 5.41) is 21.2. The molecular formula is C7H6N2O7S. The zero-order chi connectivity index (χ0) is 13.2. The van der Waals surface area contributed by atoms with Crippen LogP contribution in [0.3, 0.4) is 0 Å². The number of nitrogens with zero attached hydrogens (tertiary/aromatic N) is 2. The van der Waals surface area contributed by atoms with Crippen molar-refractivity contribution in [2.24, 2.45) is 0 Å². The first kappa shape index (κ1) is 13.0. The van der Waals surface area contributed by atoms with Crippen LogP contribution in [0.5, 0.6) is 0 Å². The summed E-state index contributed by atoms with van der Waals surface area (Å²) in [6.07, 6.45) is 0. The molecule has 0 heterocycles. The van der Waals surface area contributed by atoms with Gasteiger partial charge >= 0.3 is 21.5 Å². The fourth-order valence-electron chi connectivity index (χ4n) is 1.13. The van der Waals surface area contributed by atoms with E-state index in [0.717, 1.165) is 25.3 Å². The molecular weight excluding hydrogens is 256 g/mol. The molecule has 10 heteroatoms. The highest BCUT2D eigenvalue weighted by atomic mass is 32.2. The smallest absolute Gasteiger partial charge is 0.270 e. The molecule has 0 aromatic heterocycles. The highest BCUT2D eigenvalue weighted by Crippen LogP contribution is 2.33. The molecule has 17 heavy (non-hydrogen) atoms. The Bertz CT molecular complexity index is 580. The Balaban J connectivity index is 3.69. The fourth-order valence-corrected chi connectivity index (χ4v) is 1.97. The van der Waals surface area contributed by atoms with Gasteiger partial charge in [0.25, 0.3) is 0 Å². The van der Waals surface area contributed by atoms with Crippen molar-refractivity contribution in [2.75, 3.05) is 7.11 Å². The van der Waals surface area contributed by atoms with Crippen LogP contribution in [-0.2, 0) is 14.3 Å². The van der Waals surface area contributed by atoms with E-state index in [1.54, 1.807) is 0 Å². The van der Waals surface area contributed by atoms with Gasteiger partial charge in [-0.2, -0.15) is 8.42 Å². The topological polar surface area (TPSA) is 130 Å². The molecule has 0 aliphatic carbocycles. The van der Waals surface area contributed by atoms with Gasteiger partial charge in [-0.25, -0.2) is 0 Å². The maximum Gasteiger partial charge on any atom is 0.366 e. The van der Waals surface area contributed by atoms with E-state index in [-0.39, 0.29) is 0 Å². The molecule has 0 saturated carbocycles. The number of nitro benzene ring substituents is 2. The molecule has 92 valence electrons. The lowest BCUT2D eigenvalue weighted by Gasteiger charge is -2.02. The van der Waals surface area contributed by atoms with Crippen LogP contribution < -0.4 is 0 Å². The summed E-state index contributed by atoms with van der Waals surface area (Å²) in [7, 11) is -3.57. The van der Waals surface area contributed by atoms with Gasteiger partial charge in [-0.05, 0) is 6.07 Å². The largest absolute Gasteiger partial charge is 0.366 e. The van der Waals surface area contributed by atoms with Crippen LogP contribution in [0.1, 0.15) is 0 Å². The average molecular weight is 262 g/mol. The van der Waals surface area contributed by atoms with Crippen molar-refractivity contribution in [1.82, 2.24) is 0 Å².